The quantitative estimate of drug-likeness (QED) is 0.803. The highest BCUT2D eigenvalue weighted by atomic mass is 35.5. The first-order chi connectivity index (χ1) is 13.5. The predicted octanol–water partition coefficient (Wildman–Crippen LogP) is 3.55. The molecule has 1 aliphatic rings. The van der Waals surface area contributed by atoms with Crippen LogP contribution in [0, 0.1) is 5.92 Å². The number of piperidine rings is 1. The number of anilines is 1. The molecular formula is C21H24ClN3O3. The molecule has 3 rings (SSSR count). The van der Waals surface area contributed by atoms with Crippen molar-refractivity contribution in [1.29, 1.82) is 0 Å². The monoisotopic (exact) mass is 401 g/mol. The van der Waals surface area contributed by atoms with Gasteiger partial charge in [0, 0.05) is 31.6 Å². The molecule has 0 spiro atoms. The molecule has 1 fully saturated rings. The molecule has 0 bridgehead atoms. The molecule has 0 unspecified atom stereocenters. The topological polar surface area (TPSA) is 71.5 Å². The molecule has 148 valence electrons. The predicted molar refractivity (Wildman–Crippen MR) is 108 cm³/mol. The van der Waals surface area contributed by atoms with Crippen molar-refractivity contribution in [1.82, 2.24) is 9.88 Å². The summed E-state index contributed by atoms with van der Waals surface area (Å²) in [5, 5.41) is 3.34. The van der Waals surface area contributed by atoms with E-state index in [0.717, 1.165) is 11.3 Å². The highest BCUT2D eigenvalue weighted by molar-refractivity contribution is 6.30. The fourth-order valence-electron chi connectivity index (χ4n) is 3.27. The van der Waals surface area contributed by atoms with Crippen molar-refractivity contribution in [2.24, 2.45) is 5.92 Å². The number of benzene rings is 1. The second kappa shape index (κ2) is 9.55. The number of aromatic nitrogens is 1. The summed E-state index contributed by atoms with van der Waals surface area (Å²) >= 11 is 5.80. The van der Waals surface area contributed by atoms with Gasteiger partial charge in [-0.25, -0.2) is 4.98 Å². The number of amides is 2. The van der Waals surface area contributed by atoms with Gasteiger partial charge < -0.3 is 15.0 Å². The smallest absolute Gasteiger partial charge is 0.228 e. The van der Waals surface area contributed by atoms with Gasteiger partial charge in [0.2, 0.25) is 11.8 Å². The minimum Gasteiger partial charge on any atom is -0.497 e. The normalized spacial score (nSPS) is 14.6. The Kier molecular flexibility index (Phi) is 6.87. The molecule has 0 radical (unpaired) electrons. The van der Waals surface area contributed by atoms with Crippen LogP contribution in [0.4, 0.5) is 5.82 Å². The Morgan fingerprint density at radius 2 is 1.89 bits per heavy atom. The number of aryl methyl sites for hydroxylation is 1. The Morgan fingerprint density at radius 3 is 2.50 bits per heavy atom. The summed E-state index contributed by atoms with van der Waals surface area (Å²) in [6, 6.07) is 11.1. The molecule has 7 heteroatoms. The van der Waals surface area contributed by atoms with Crippen molar-refractivity contribution in [3.05, 3.63) is 53.2 Å². The number of ether oxygens (including phenoxy) is 1. The number of hydrogen-bond acceptors (Lipinski definition) is 4. The van der Waals surface area contributed by atoms with Gasteiger partial charge in [-0.3, -0.25) is 9.59 Å². The van der Waals surface area contributed by atoms with Gasteiger partial charge in [0.25, 0.3) is 0 Å². The summed E-state index contributed by atoms with van der Waals surface area (Å²) in [6.45, 7) is 1.21. The van der Waals surface area contributed by atoms with Crippen molar-refractivity contribution >= 4 is 29.2 Å². The van der Waals surface area contributed by atoms with Gasteiger partial charge in [0.1, 0.15) is 11.6 Å². The van der Waals surface area contributed by atoms with E-state index in [9.17, 15) is 9.59 Å². The summed E-state index contributed by atoms with van der Waals surface area (Å²) in [5.74, 6) is 1.27. The minimum absolute atomic E-state index is 0.0554. The summed E-state index contributed by atoms with van der Waals surface area (Å²) in [7, 11) is 1.63. The Hall–Kier alpha value is -2.60. The van der Waals surface area contributed by atoms with E-state index in [0.29, 0.717) is 49.6 Å². The lowest BCUT2D eigenvalue weighted by Gasteiger charge is -2.31. The molecule has 6 nitrogen and oxygen atoms in total. The zero-order valence-electron chi connectivity index (χ0n) is 15.9. The van der Waals surface area contributed by atoms with E-state index in [4.69, 9.17) is 16.3 Å². The molecular weight excluding hydrogens is 378 g/mol. The van der Waals surface area contributed by atoms with E-state index in [2.05, 4.69) is 10.3 Å². The minimum atomic E-state index is -0.108. The third-order valence-corrected chi connectivity index (χ3v) is 5.21. The maximum absolute atomic E-state index is 12.5. The first kappa shape index (κ1) is 20.1. The van der Waals surface area contributed by atoms with Gasteiger partial charge in [-0.05, 0) is 49.1 Å². The van der Waals surface area contributed by atoms with Crippen LogP contribution >= 0.6 is 11.6 Å². The molecule has 1 aromatic heterocycles. The van der Waals surface area contributed by atoms with E-state index >= 15 is 0 Å². The second-order valence-electron chi connectivity index (χ2n) is 6.85. The van der Waals surface area contributed by atoms with E-state index < -0.39 is 0 Å². The molecule has 28 heavy (non-hydrogen) atoms. The van der Waals surface area contributed by atoms with Crippen molar-refractivity contribution in [2.45, 2.75) is 25.7 Å². The Bertz CT molecular complexity index is 801. The standard InChI is InChI=1S/C21H24ClN3O3/c1-28-18-6-2-15(3-7-18)4-9-20(26)25-12-10-16(11-13-25)21(27)24-19-8-5-17(22)14-23-19/h2-3,5-8,14,16H,4,9-13H2,1H3,(H,23,24,27). The van der Waals surface area contributed by atoms with E-state index in [-0.39, 0.29) is 17.7 Å². The third kappa shape index (κ3) is 5.45. The first-order valence-electron chi connectivity index (χ1n) is 9.38. The molecule has 0 atom stereocenters. The molecule has 1 saturated heterocycles. The maximum Gasteiger partial charge on any atom is 0.228 e. The Morgan fingerprint density at radius 1 is 1.18 bits per heavy atom. The fourth-order valence-corrected chi connectivity index (χ4v) is 3.38. The van der Waals surface area contributed by atoms with Crippen LogP contribution in [0.2, 0.25) is 5.02 Å². The lowest BCUT2D eigenvalue weighted by molar-refractivity contribution is -0.134. The number of rotatable bonds is 6. The first-order valence-corrected chi connectivity index (χ1v) is 9.76. The molecule has 2 heterocycles. The fraction of sp³-hybridized carbons (Fsp3) is 0.381. The van der Waals surface area contributed by atoms with Crippen LogP contribution in [0.3, 0.4) is 0 Å². The average Bonchev–Trinajstić information content (AvgIpc) is 2.74. The average molecular weight is 402 g/mol. The van der Waals surface area contributed by atoms with E-state index in [1.54, 1.807) is 19.2 Å². The summed E-state index contributed by atoms with van der Waals surface area (Å²) < 4.78 is 5.14. The lowest BCUT2D eigenvalue weighted by Crippen LogP contribution is -2.41. The van der Waals surface area contributed by atoms with Crippen molar-refractivity contribution in [3.8, 4) is 5.75 Å². The van der Waals surface area contributed by atoms with Crippen LogP contribution in [-0.4, -0.2) is 41.9 Å². The van der Waals surface area contributed by atoms with E-state index in [1.165, 1.54) is 6.20 Å². The van der Waals surface area contributed by atoms with Crippen molar-refractivity contribution in [2.75, 3.05) is 25.5 Å². The van der Waals surface area contributed by atoms with E-state index in [1.807, 2.05) is 29.2 Å². The van der Waals surface area contributed by atoms with Crippen LogP contribution in [0.15, 0.2) is 42.6 Å². The Labute approximate surface area is 169 Å². The van der Waals surface area contributed by atoms with Crippen LogP contribution in [-0.2, 0) is 16.0 Å². The second-order valence-corrected chi connectivity index (χ2v) is 7.29. The number of nitrogens with zero attached hydrogens (tertiary/aromatic N) is 2. The molecule has 0 aliphatic carbocycles. The lowest BCUT2D eigenvalue weighted by atomic mass is 9.95. The van der Waals surface area contributed by atoms with Gasteiger partial charge in [0.15, 0.2) is 0 Å². The highest BCUT2D eigenvalue weighted by Crippen LogP contribution is 2.21. The van der Waals surface area contributed by atoms with Gasteiger partial charge in [-0.2, -0.15) is 0 Å². The van der Waals surface area contributed by atoms with Crippen molar-refractivity contribution in [3.63, 3.8) is 0 Å². The summed E-state index contributed by atoms with van der Waals surface area (Å²) in [5.41, 5.74) is 1.11. The van der Waals surface area contributed by atoms with Gasteiger partial charge in [-0.15, -0.1) is 0 Å². The Balaban J connectivity index is 1.42. The zero-order chi connectivity index (χ0) is 19.9. The molecule has 1 aliphatic heterocycles. The van der Waals surface area contributed by atoms with Crippen LogP contribution in [0.1, 0.15) is 24.8 Å². The van der Waals surface area contributed by atoms with Crippen LogP contribution < -0.4 is 10.1 Å². The number of carbonyl (C=O) groups excluding carboxylic acids is 2. The summed E-state index contributed by atoms with van der Waals surface area (Å²) in [4.78, 5) is 30.8. The zero-order valence-corrected chi connectivity index (χ0v) is 16.6. The molecule has 2 amide bonds. The third-order valence-electron chi connectivity index (χ3n) is 4.98. The van der Waals surface area contributed by atoms with Gasteiger partial charge in [-0.1, -0.05) is 23.7 Å². The molecule has 0 saturated carbocycles. The SMILES string of the molecule is COc1ccc(CCC(=O)N2CCC(C(=O)Nc3ccc(Cl)cn3)CC2)cc1. The van der Waals surface area contributed by atoms with Gasteiger partial charge >= 0.3 is 0 Å². The molecule has 1 N–H and O–H groups in total. The molecule has 2 aromatic rings. The number of halogens is 1. The number of likely N-dealkylation sites (tertiary alicyclic amines) is 1. The van der Waals surface area contributed by atoms with Crippen molar-refractivity contribution < 1.29 is 14.3 Å². The number of hydrogen-bond donors (Lipinski definition) is 1. The van der Waals surface area contributed by atoms with Crippen LogP contribution in [0.5, 0.6) is 5.75 Å². The number of pyridine rings is 1. The number of methoxy groups -OCH3 is 1. The largest absolute Gasteiger partial charge is 0.497 e. The maximum atomic E-state index is 12.5. The number of carbonyl (C=O) groups is 2. The van der Waals surface area contributed by atoms with Crippen LogP contribution in [0.25, 0.3) is 0 Å². The molecule has 1 aromatic carbocycles. The number of nitrogens with one attached hydrogen (secondary N) is 1. The summed E-state index contributed by atoms with van der Waals surface area (Å²) in [6.07, 6.45) is 3.99. The van der Waals surface area contributed by atoms with Gasteiger partial charge in [0.05, 0.1) is 12.1 Å². The highest BCUT2D eigenvalue weighted by Gasteiger charge is 2.27.